The van der Waals surface area contributed by atoms with Crippen molar-refractivity contribution >= 4 is 52.4 Å². The predicted molar refractivity (Wildman–Crippen MR) is 159 cm³/mol. The number of carbonyl (C=O) groups excluding carboxylic acids is 2. The van der Waals surface area contributed by atoms with E-state index in [0.29, 0.717) is 40.9 Å². The lowest BCUT2D eigenvalue weighted by Gasteiger charge is -2.23. The second-order valence-electron chi connectivity index (χ2n) is 10.1. The van der Waals surface area contributed by atoms with Crippen molar-refractivity contribution in [2.24, 2.45) is 0 Å². The van der Waals surface area contributed by atoms with E-state index in [9.17, 15) is 14.7 Å². The van der Waals surface area contributed by atoms with Gasteiger partial charge in [0.1, 0.15) is 11.6 Å². The fraction of sp³-hybridized carbons (Fsp3) is 0.444. The number of nitrogens with one attached hydrogen (secondary N) is 3. The van der Waals surface area contributed by atoms with Crippen LogP contribution in [0.15, 0.2) is 24.3 Å². The highest BCUT2D eigenvalue weighted by Crippen LogP contribution is 2.25. The van der Waals surface area contributed by atoms with E-state index in [-0.39, 0.29) is 24.3 Å². The maximum absolute atomic E-state index is 13.0. The summed E-state index contributed by atoms with van der Waals surface area (Å²) < 4.78 is 6.86. The van der Waals surface area contributed by atoms with E-state index in [4.69, 9.17) is 10.5 Å². The summed E-state index contributed by atoms with van der Waals surface area (Å²) in [7, 11) is 0. The number of carbonyl (C=O) groups is 2. The molecule has 0 aliphatic carbocycles. The summed E-state index contributed by atoms with van der Waals surface area (Å²) in [4.78, 5) is 38.2. The van der Waals surface area contributed by atoms with Gasteiger partial charge in [0.2, 0.25) is 11.9 Å². The second-order valence-corrected chi connectivity index (χ2v) is 11.2. The number of thioether (sulfide) groups is 1. The number of anilines is 3. The summed E-state index contributed by atoms with van der Waals surface area (Å²) in [5.74, 6) is 1.17. The van der Waals surface area contributed by atoms with Crippen LogP contribution < -0.4 is 21.7 Å². The van der Waals surface area contributed by atoms with Crippen molar-refractivity contribution in [2.75, 3.05) is 34.4 Å². The quantitative estimate of drug-likeness (QED) is 0.189. The van der Waals surface area contributed by atoms with E-state index in [0.717, 1.165) is 18.4 Å². The highest BCUT2D eigenvalue weighted by atomic mass is 32.2. The minimum atomic E-state index is -0.806. The SMILES string of the molecule is [CH2][CH]CSC[C@H](NC(=O)OC(C)(C)C)C(=O)Nc1ccc(Cn2c(O)nc3c(N)nc(NCCCC)nc32)cc1. The van der Waals surface area contributed by atoms with E-state index < -0.39 is 17.7 Å². The fourth-order valence-corrected chi connectivity index (χ4v) is 4.39. The second kappa shape index (κ2) is 14.1. The third kappa shape index (κ3) is 8.90. The first-order valence-electron chi connectivity index (χ1n) is 13.0. The molecule has 3 rings (SSSR count). The van der Waals surface area contributed by atoms with Crippen LogP contribution in [0.25, 0.3) is 11.2 Å². The van der Waals surface area contributed by atoms with Gasteiger partial charge in [0, 0.05) is 18.0 Å². The Labute approximate surface area is 238 Å². The molecule has 40 heavy (non-hydrogen) atoms. The Morgan fingerprint density at radius 1 is 1.23 bits per heavy atom. The Kier molecular flexibility index (Phi) is 10.8. The summed E-state index contributed by atoms with van der Waals surface area (Å²) in [6.07, 6.45) is 3.05. The largest absolute Gasteiger partial charge is 0.480 e. The zero-order valence-corrected chi connectivity index (χ0v) is 24.2. The Bertz CT molecular complexity index is 1290. The molecular weight excluding hydrogens is 532 g/mol. The zero-order chi connectivity index (χ0) is 29.3. The number of nitrogens with two attached hydrogens (primary N) is 1. The number of aromatic hydroxyl groups is 1. The highest BCUT2D eigenvalue weighted by Gasteiger charge is 2.24. The number of nitrogen functional groups attached to an aromatic ring is 1. The lowest BCUT2D eigenvalue weighted by molar-refractivity contribution is -0.117. The number of rotatable bonds is 13. The van der Waals surface area contributed by atoms with Crippen LogP contribution in [-0.2, 0) is 16.1 Å². The molecule has 216 valence electrons. The molecule has 2 amide bonds. The van der Waals surface area contributed by atoms with Gasteiger partial charge in [0.25, 0.3) is 6.01 Å². The van der Waals surface area contributed by atoms with Gasteiger partial charge in [-0.15, -0.1) is 0 Å². The first-order chi connectivity index (χ1) is 19.0. The number of alkyl carbamates (subject to hydrolysis) is 1. The van der Waals surface area contributed by atoms with Gasteiger partial charge in [-0.3, -0.25) is 9.36 Å². The minimum absolute atomic E-state index is 0.178. The Morgan fingerprint density at radius 2 is 1.95 bits per heavy atom. The number of hydrogen-bond donors (Lipinski definition) is 5. The molecule has 0 saturated heterocycles. The molecule has 2 heterocycles. The van der Waals surface area contributed by atoms with Crippen LogP contribution in [0.2, 0.25) is 0 Å². The third-order valence-corrected chi connectivity index (χ3v) is 6.55. The molecule has 1 aromatic carbocycles. The van der Waals surface area contributed by atoms with Crippen LogP contribution in [0.5, 0.6) is 6.01 Å². The Balaban J connectivity index is 1.71. The molecule has 0 bridgehead atoms. The summed E-state index contributed by atoms with van der Waals surface area (Å²) in [6.45, 7) is 12.0. The number of fused-ring (bicyclic) bond motifs is 1. The molecule has 0 fully saturated rings. The van der Waals surface area contributed by atoms with Crippen LogP contribution in [0.1, 0.15) is 46.1 Å². The van der Waals surface area contributed by atoms with Crippen molar-refractivity contribution in [1.82, 2.24) is 24.8 Å². The summed E-state index contributed by atoms with van der Waals surface area (Å²) in [6, 6.07) is 6.08. The van der Waals surface area contributed by atoms with Gasteiger partial charge in [-0.2, -0.15) is 26.7 Å². The van der Waals surface area contributed by atoms with Crippen molar-refractivity contribution in [2.45, 2.75) is 58.7 Å². The molecule has 13 heteroatoms. The molecular formula is C27H38N8O4S. The van der Waals surface area contributed by atoms with Crippen LogP contribution in [0.3, 0.4) is 0 Å². The van der Waals surface area contributed by atoms with Crippen LogP contribution in [-0.4, -0.2) is 66.3 Å². The zero-order valence-electron chi connectivity index (χ0n) is 23.4. The van der Waals surface area contributed by atoms with E-state index in [1.165, 1.54) is 11.8 Å². The van der Waals surface area contributed by atoms with Crippen LogP contribution >= 0.6 is 11.8 Å². The van der Waals surface area contributed by atoms with Gasteiger partial charge in [0.05, 0.1) is 6.54 Å². The molecule has 3 aromatic rings. The number of ether oxygens (including phenoxy) is 1. The van der Waals surface area contributed by atoms with Crippen molar-refractivity contribution in [1.29, 1.82) is 0 Å². The number of amides is 2. The van der Waals surface area contributed by atoms with Gasteiger partial charge in [-0.05, 0) is 64.0 Å². The van der Waals surface area contributed by atoms with Gasteiger partial charge in [0.15, 0.2) is 17.0 Å². The number of imidazole rings is 1. The Hall–Kier alpha value is -3.74. The first-order valence-corrected chi connectivity index (χ1v) is 14.2. The maximum Gasteiger partial charge on any atom is 0.408 e. The van der Waals surface area contributed by atoms with E-state index in [1.54, 1.807) is 43.9 Å². The average molecular weight is 571 g/mol. The third-order valence-electron chi connectivity index (χ3n) is 5.50. The molecule has 0 aliphatic heterocycles. The molecule has 0 spiro atoms. The number of benzene rings is 1. The molecule has 2 aromatic heterocycles. The monoisotopic (exact) mass is 570 g/mol. The minimum Gasteiger partial charge on any atom is -0.480 e. The first kappa shape index (κ1) is 30.8. The predicted octanol–water partition coefficient (Wildman–Crippen LogP) is 3.98. The maximum atomic E-state index is 13.0. The molecule has 0 aliphatic rings. The van der Waals surface area contributed by atoms with Gasteiger partial charge in [-0.25, -0.2) is 4.79 Å². The normalized spacial score (nSPS) is 12.2. The Morgan fingerprint density at radius 3 is 2.60 bits per heavy atom. The molecule has 2 radical (unpaired) electrons. The molecule has 6 N–H and O–H groups in total. The fourth-order valence-electron chi connectivity index (χ4n) is 3.62. The van der Waals surface area contributed by atoms with Gasteiger partial charge in [-0.1, -0.05) is 25.5 Å². The number of hydrogen-bond acceptors (Lipinski definition) is 10. The van der Waals surface area contributed by atoms with E-state index in [2.05, 4.69) is 44.7 Å². The summed E-state index contributed by atoms with van der Waals surface area (Å²) in [5.41, 5.74) is 7.49. The van der Waals surface area contributed by atoms with Crippen molar-refractivity contribution in [3.8, 4) is 6.01 Å². The van der Waals surface area contributed by atoms with Gasteiger partial charge >= 0.3 is 6.09 Å². The molecule has 0 unspecified atom stereocenters. The summed E-state index contributed by atoms with van der Waals surface area (Å²) >= 11 is 1.47. The molecule has 1 atom stereocenters. The standard InChI is InChI=1S/C27H38N8O4S/c1-6-8-13-29-24-33-21(28)20-22(34-24)35(25(37)32-20)15-17-9-11-18(12-10-17)30-23(36)19(16-40-14-7-2)31-26(38)39-27(3,4)5/h7,9-12,19H,2,6,8,13-16H2,1,3-5H3,(H,30,36)(H,31,38)(H,32,37)(H3,28,29,33,34)/t19-/m0/s1. The number of unbranched alkanes of at least 4 members (excludes halogenated alkanes) is 1. The topological polar surface area (TPSA) is 169 Å². The van der Waals surface area contributed by atoms with E-state index in [1.807, 2.05) is 12.1 Å². The van der Waals surface area contributed by atoms with Crippen molar-refractivity contribution in [3.05, 3.63) is 43.2 Å². The molecule has 12 nitrogen and oxygen atoms in total. The van der Waals surface area contributed by atoms with Gasteiger partial charge < -0.3 is 31.5 Å². The molecule has 0 saturated carbocycles. The summed E-state index contributed by atoms with van der Waals surface area (Å²) in [5, 5.41) is 19.1. The van der Waals surface area contributed by atoms with Crippen LogP contribution in [0.4, 0.5) is 22.2 Å². The lowest BCUT2D eigenvalue weighted by atomic mass is 10.2. The smallest absolute Gasteiger partial charge is 0.408 e. The highest BCUT2D eigenvalue weighted by molar-refractivity contribution is 7.99. The number of aromatic nitrogens is 4. The van der Waals surface area contributed by atoms with Crippen LogP contribution in [0, 0.1) is 13.3 Å². The van der Waals surface area contributed by atoms with Crippen molar-refractivity contribution < 1.29 is 19.4 Å². The van der Waals surface area contributed by atoms with Crippen molar-refractivity contribution in [3.63, 3.8) is 0 Å². The lowest BCUT2D eigenvalue weighted by Crippen LogP contribution is -2.47. The van der Waals surface area contributed by atoms with E-state index >= 15 is 0 Å². The number of nitrogens with zero attached hydrogens (tertiary/aromatic N) is 4. The average Bonchev–Trinajstić information content (AvgIpc) is 3.19.